The largest absolute Gasteiger partial charge is 0.417 e. The first kappa shape index (κ1) is 11.5. The minimum Gasteiger partial charge on any atom is -0.417 e. The molecule has 0 aliphatic carbocycles. The maximum absolute atomic E-state index is 5.48. The zero-order valence-electron chi connectivity index (χ0n) is 9.90. The summed E-state index contributed by atoms with van der Waals surface area (Å²) in [5.74, 6) is 0.948. The first-order valence-electron chi connectivity index (χ1n) is 5.49. The highest BCUT2D eigenvalue weighted by Gasteiger charge is 2.03. The van der Waals surface area contributed by atoms with Crippen LogP contribution in [0.15, 0.2) is 18.5 Å². The van der Waals surface area contributed by atoms with Crippen molar-refractivity contribution in [2.45, 2.75) is 20.4 Å². The fraction of sp³-hybridized carbons (Fsp3) is 0.364. The molecule has 2 aromatic heterocycles. The number of hydrogen-bond acceptors (Lipinski definition) is 5. The van der Waals surface area contributed by atoms with E-state index >= 15 is 0 Å². The molecule has 0 aliphatic heterocycles. The van der Waals surface area contributed by atoms with Crippen molar-refractivity contribution in [1.29, 1.82) is 0 Å². The van der Waals surface area contributed by atoms with E-state index in [1.165, 1.54) is 0 Å². The van der Waals surface area contributed by atoms with Gasteiger partial charge in [-0.25, -0.2) is 4.98 Å². The molecule has 0 unspecified atom stereocenters. The van der Waals surface area contributed by atoms with Crippen LogP contribution in [0.25, 0.3) is 0 Å². The van der Waals surface area contributed by atoms with Crippen molar-refractivity contribution in [2.24, 2.45) is 0 Å². The Hall–Kier alpha value is -1.95. The lowest BCUT2D eigenvalue weighted by atomic mass is 10.4. The summed E-state index contributed by atoms with van der Waals surface area (Å²) < 4.78 is 5.48. The molecule has 2 N–H and O–H groups in total. The van der Waals surface area contributed by atoms with Crippen LogP contribution in [0.2, 0.25) is 0 Å². The van der Waals surface area contributed by atoms with E-state index in [1.54, 1.807) is 18.5 Å². The number of rotatable bonds is 5. The number of aryl methyl sites for hydroxylation is 1. The molecule has 0 saturated carbocycles. The Bertz CT molecular complexity index is 482. The number of nitrogens with zero attached hydrogens (tertiary/aromatic N) is 3. The van der Waals surface area contributed by atoms with Crippen LogP contribution < -0.4 is 10.1 Å². The van der Waals surface area contributed by atoms with Crippen LogP contribution in [0.5, 0.6) is 11.8 Å². The molecule has 0 bridgehead atoms. The van der Waals surface area contributed by atoms with Crippen LogP contribution in [-0.2, 0) is 6.54 Å². The monoisotopic (exact) mass is 233 g/mol. The van der Waals surface area contributed by atoms with Crippen LogP contribution in [0.3, 0.4) is 0 Å². The molecule has 0 amide bonds. The highest BCUT2D eigenvalue weighted by molar-refractivity contribution is 5.19. The average molecular weight is 233 g/mol. The highest BCUT2D eigenvalue weighted by atomic mass is 16.5. The zero-order valence-corrected chi connectivity index (χ0v) is 9.90. The summed E-state index contributed by atoms with van der Waals surface area (Å²) in [6.07, 6.45) is 3.28. The molecule has 6 nitrogen and oxygen atoms in total. The Morgan fingerprint density at radius 3 is 2.94 bits per heavy atom. The van der Waals surface area contributed by atoms with Crippen LogP contribution in [0, 0.1) is 6.92 Å². The predicted octanol–water partition coefficient (Wildman–Crippen LogP) is 1.41. The highest BCUT2D eigenvalue weighted by Crippen LogP contribution is 2.16. The summed E-state index contributed by atoms with van der Waals surface area (Å²) in [4.78, 5) is 8.39. The van der Waals surface area contributed by atoms with Gasteiger partial charge in [-0.2, -0.15) is 0 Å². The summed E-state index contributed by atoms with van der Waals surface area (Å²) in [5, 5.41) is 9.95. The van der Waals surface area contributed by atoms with E-state index in [1.807, 2.05) is 13.8 Å². The van der Waals surface area contributed by atoms with E-state index in [9.17, 15) is 0 Å². The molecule has 90 valence electrons. The van der Waals surface area contributed by atoms with Crippen molar-refractivity contribution in [3.05, 3.63) is 29.8 Å². The summed E-state index contributed by atoms with van der Waals surface area (Å²) in [6.45, 7) is 5.53. The van der Waals surface area contributed by atoms with Gasteiger partial charge in [0.05, 0.1) is 11.9 Å². The second kappa shape index (κ2) is 5.40. The van der Waals surface area contributed by atoms with E-state index < -0.39 is 0 Å². The standard InChI is InChI=1S/C11H15N5O/c1-3-12-5-9-6-13-7-11(14-9)17-10-4-8(2)15-16-10/h4,6-7,12H,3,5H2,1-2H3,(H,15,16). The van der Waals surface area contributed by atoms with Gasteiger partial charge in [-0.15, -0.1) is 5.10 Å². The molecule has 17 heavy (non-hydrogen) atoms. The number of H-pyrrole nitrogens is 1. The van der Waals surface area contributed by atoms with E-state index in [2.05, 4.69) is 25.5 Å². The van der Waals surface area contributed by atoms with Gasteiger partial charge in [-0.05, 0) is 13.5 Å². The van der Waals surface area contributed by atoms with E-state index in [0.717, 1.165) is 17.9 Å². The molecule has 0 atom stereocenters. The van der Waals surface area contributed by atoms with Crippen molar-refractivity contribution >= 4 is 0 Å². The second-order valence-corrected chi connectivity index (χ2v) is 3.62. The van der Waals surface area contributed by atoms with Crippen molar-refractivity contribution in [3.8, 4) is 11.8 Å². The van der Waals surface area contributed by atoms with Gasteiger partial charge in [0.15, 0.2) is 0 Å². The molecule has 0 saturated heterocycles. The van der Waals surface area contributed by atoms with Crippen molar-refractivity contribution in [3.63, 3.8) is 0 Å². The SMILES string of the molecule is CCNCc1cncc(Oc2cc(C)[nH]n2)n1. The van der Waals surface area contributed by atoms with Gasteiger partial charge in [-0.3, -0.25) is 10.1 Å². The third-order valence-corrected chi connectivity index (χ3v) is 2.11. The zero-order chi connectivity index (χ0) is 12.1. The van der Waals surface area contributed by atoms with Crippen LogP contribution in [0.4, 0.5) is 0 Å². The van der Waals surface area contributed by atoms with Gasteiger partial charge in [0.25, 0.3) is 0 Å². The van der Waals surface area contributed by atoms with Crippen LogP contribution >= 0.6 is 0 Å². The van der Waals surface area contributed by atoms with Gasteiger partial charge in [0, 0.05) is 24.5 Å². The number of hydrogen-bond donors (Lipinski definition) is 2. The summed E-state index contributed by atoms with van der Waals surface area (Å²) in [6, 6.07) is 1.80. The molecule has 2 heterocycles. The number of ether oxygens (including phenoxy) is 1. The van der Waals surface area contributed by atoms with E-state index in [4.69, 9.17) is 4.74 Å². The predicted molar refractivity (Wildman–Crippen MR) is 62.8 cm³/mol. The van der Waals surface area contributed by atoms with Gasteiger partial charge in [-0.1, -0.05) is 6.92 Å². The van der Waals surface area contributed by atoms with Crippen molar-refractivity contribution in [2.75, 3.05) is 6.54 Å². The third-order valence-electron chi connectivity index (χ3n) is 2.11. The molecule has 0 fully saturated rings. The lowest BCUT2D eigenvalue weighted by Gasteiger charge is -2.03. The first-order chi connectivity index (χ1) is 8.28. The van der Waals surface area contributed by atoms with Crippen LogP contribution in [0.1, 0.15) is 18.3 Å². The van der Waals surface area contributed by atoms with Crippen LogP contribution in [-0.4, -0.2) is 26.7 Å². The lowest BCUT2D eigenvalue weighted by Crippen LogP contribution is -2.13. The normalized spacial score (nSPS) is 10.5. The van der Waals surface area contributed by atoms with Gasteiger partial charge >= 0.3 is 0 Å². The average Bonchev–Trinajstić information content (AvgIpc) is 2.73. The molecular formula is C11H15N5O. The minimum atomic E-state index is 0.451. The fourth-order valence-electron chi connectivity index (χ4n) is 1.33. The number of nitrogens with one attached hydrogen (secondary N) is 2. The Labute approximate surface area is 99.4 Å². The summed E-state index contributed by atoms with van der Waals surface area (Å²) in [7, 11) is 0. The molecule has 2 rings (SSSR count). The maximum Gasteiger partial charge on any atom is 0.240 e. The molecule has 2 aromatic rings. The smallest absolute Gasteiger partial charge is 0.240 e. The minimum absolute atomic E-state index is 0.451. The topological polar surface area (TPSA) is 75.7 Å². The molecule has 0 aliphatic rings. The second-order valence-electron chi connectivity index (χ2n) is 3.62. The summed E-state index contributed by atoms with van der Waals surface area (Å²) >= 11 is 0. The Kier molecular flexibility index (Phi) is 3.66. The van der Waals surface area contributed by atoms with Gasteiger partial charge in [0.1, 0.15) is 0 Å². The Morgan fingerprint density at radius 2 is 2.24 bits per heavy atom. The summed E-state index contributed by atoms with van der Waals surface area (Å²) in [5.41, 5.74) is 1.79. The van der Waals surface area contributed by atoms with E-state index in [0.29, 0.717) is 18.3 Å². The van der Waals surface area contributed by atoms with Crippen molar-refractivity contribution in [1.82, 2.24) is 25.5 Å². The van der Waals surface area contributed by atoms with Crippen molar-refractivity contribution < 1.29 is 4.74 Å². The molecular weight excluding hydrogens is 218 g/mol. The molecule has 0 radical (unpaired) electrons. The fourth-order valence-corrected chi connectivity index (χ4v) is 1.33. The first-order valence-corrected chi connectivity index (χ1v) is 5.49. The molecule has 6 heteroatoms. The Balaban J connectivity index is 2.05. The number of aromatic nitrogens is 4. The molecule has 0 aromatic carbocycles. The lowest BCUT2D eigenvalue weighted by molar-refractivity contribution is 0.438. The van der Waals surface area contributed by atoms with E-state index in [-0.39, 0.29) is 0 Å². The quantitative estimate of drug-likeness (QED) is 0.816. The third kappa shape index (κ3) is 3.25. The number of aromatic amines is 1. The Morgan fingerprint density at radius 1 is 1.35 bits per heavy atom. The molecule has 0 spiro atoms. The van der Waals surface area contributed by atoms with Gasteiger partial charge in [0.2, 0.25) is 11.8 Å². The van der Waals surface area contributed by atoms with Gasteiger partial charge < -0.3 is 10.1 Å². The maximum atomic E-state index is 5.48.